The molecule has 0 atom stereocenters. The number of rotatable bonds is 2. The molecule has 0 aliphatic carbocycles. The summed E-state index contributed by atoms with van der Waals surface area (Å²) in [4.78, 5) is 16.1. The first kappa shape index (κ1) is 16.3. The minimum atomic E-state index is -4.85. The molecule has 2 N–H and O–H groups in total. The number of nitrogens with zero attached hydrogens (tertiary/aromatic N) is 2. The van der Waals surface area contributed by atoms with Crippen LogP contribution in [-0.2, 0) is 6.18 Å². The molecule has 0 spiro atoms. The smallest absolute Gasteiger partial charge is 0.434 e. The highest BCUT2D eigenvalue weighted by atomic mass is 35.5. The third kappa shape index (κ3) is 2.69. The van der Waals surface area contributed by atoms with Crippen molar-refractivity contribution in [3.63, 3.8) is 0 Å². The number of alkyl halides is 3. The van der Waals surface area contributed by atoms with E-state index in [1.165, 1.54) is 6.07 Å². The van der Waals surface area contributed by atoms with E-state index in [1.54, 1.807) is 6.92 Å². The fourth-order valence-corrected chi connectivity index (χ4v) is 2.47. The maximum atomic E-state index is 13.3. The molecule has 0 aliphatic rings. The van der Waals surface area contributed by atoms with Crippen LogP contribution in [0.15, 0.2) is 24.3 Å². The van der Waals surface area contributed by atoms with E-state index in [0.29, 0.717) is 5.69 Å². The number of nitrogens with one attached hydrogen (secondary N) is 1. The highest BCUT2D eigenvalue weighted by Gasteiger charge is 2.38. The minimum Gasteiger partial charge on any atom is -0.507 e. The van der Waals surface area contributed by atoms with Crippen molar-refractivity contribution in [2.24, 2.45) is 0 Å². The standard InChI is InChI=1S/C15H9ClF3N3O2/c1-6-8-5-10(12(24)9-4-7(16)2-3-11(9)23)13(15(17,18)19)20-14(8)22-21-6/h2-5,23H,1H3,(H,20,21,22). The van der Waals surface area contributed by atoms with Crippen LogP contribution >= 0.6 is 11.6 Å². The number of hydrogen-bond donors (Lipinski definition) is 2. The maximum Gasteiger partial charge on any atom is 0.434 e. The van der Waals surface area contributed by atoms with E-state index < -0.39 is 29.0 Å². The zero-order valence-electron chi connectivity index (χ0n) is 12.1. The van der Waals surface area contributed by atoms with Gasteiger partial charge in [0.05, 0.1) is 16.8 Å². The summed E-state index contributed by atoms with van der Waals surface area (Å²) >= 11 is 5.76. The summed E-state index contributed by atoms with van der Waals surface area (Å²) in [5.41, 5.74) is -2.06. The van der Waals surface area contributed by atoms with Crippen LogP contribution in [0.1, 0.15) is 27.3 Å². The number of phenols is 1. The molecule has 3 aromatic rings. The number of aromatic amines is 1. The van der Waals surface area contributed by atoms with Gasteiger partial charge in [-0.25, -0.2) is 4.98 Å². The van der Waals surface area contributed by atoms with Crippen molar-refractivity contribution in [1.82, 2.24) is 15.2 Å². The first-order chi connectivity index (χ1) is 11.2. The number of aryl methyl sites for hydroxylation is 1. The van der Waals surface area contributed by atoms with Gasteiger partial charge >= 0.3 is 6.18 Å². The second kappa shape index (κ2) is 5.48. The van der Waals surface area contributed by atoms with E-state index in [0.717, 1.165) is 18.2 Å². The largest absolute Gasteiger partial charge is 0.507 e. The van der Waals surface area contributed by atoms with Crippen LogP contribution in [0, 0.1) is 6.92 Å². The summed E-state index contributed by atoms with van der Waals surface area (Å²) in [6.45, 7) is 1.57. The molecule has 5 nitrogen and oxygen atoms in total. The normalized spacial score (nSPS) is 11.9. The second-order valence-corrected chi connectivity index (χ2v) is 5.51. The molecule has 0 aliphatic heterocycles. The summed E-state index contributed by atoms with van der Waals surface area (Å²) in [6.07, 6.45) is -4.85. The van der Waals surface area contributed by atoms with Gasteiger partial charge in [0.1, 0.15) is 5.75 Å². The molecule has 0 saturated heterocycles. The lowest BCUT2D eigenvalue weighted by Crippen LogP contribution is -2.16. The van der Waals surface area contributed by atoms with Gasteiger partial charge in [-0.3, -0.25) is 9.89 Å². The van der Waals surface area contributed by atoms with E-state index in [9.17, 15) is 23.1 Å². The number of halogens is 4. The number of aromatic nitrogens is 3. The van der Waals surface area contributed by atoms with Gasteiger partial charge in [0.2, 0.25) is 0 Å². The Kier molecular flexibility index (Phi) is 3.71. The second-order valence-electron chi connectivity index (χ2n) is 5.08. The molecule has 0 saturated carbocycles. The first-order valence-corrected chi connectivity index (χ1v) is 7.02. The molecule has 2 aromatic heterocycles. The maximum absolute atomic E-state index is 13.3. The molecule has 1 aromatic carbocycles. The molecular weight excluding hydrogens is 347 g/mol. The van der Waals surface area contributed by atoms with Gasteiger partial charge in [0.15, 0.2) is 17.1 Å². The number of H-pyrrole nitrogens is 1. The number of ketones is 1. The van der Waals surface area contributed by atoms with E-state index in [4.69, 9.17) is 11.6 Å². The first-order valence-electron chi connectivity index (χ1n) is 6.64. The predicted molar refractivity (Wildman–Crippen MR) is 80.2 cm³/mol. The lowest BCUT2D eigenvalue weighted by atomic mass is 9.99. The number of aromatic hydroxyl groups is 1. The summed E-state index contributed by atoms with van der Waals surface area (Å²) < 4.78 is 39.9. The van der Waals surface area contributed by atoms with Gasteiger partial charge in [-0.15, -0.1) is 0 Å². The van der Waals surface area contributed by atoms with Gasteiger partial charge in [-0.05, 0) is 31.2 Å². The monoisotopic (exact) mass is 355 g/mol. The SMILES string of the molecule is Cc1n[nH]c2nc(C(F)(F)F)c(C(=O)c3cc(Cl)ccc3O)cc12. The number of fused-ring (bicyclic) bond motifs is 1. The van der Waals surface area contributed by atoms with E-state index >= 15 is 0 Å². The van der Waals surface area contributed by atoms with Crippen LogP contribution in [0.3, 0.4) is 0 Å². The van der Waals surface area contributed by atoms with Gasteiger partial charge in [0.25, 0.3) is 0 Å². The highest BCUT2D eigenvalue weighted by molar-refractivity contribution is 6.31. The lowest BCUT2D eigenvalue weighted by molar-refractivity contribution is -0.141. The quantitative estimate of drug-likeness (QED) is 0.684. The number of phenolic OH excluding ortho intramolecular Hbond substituents is 1. The fraction of sp³-hybridized carbons (Fsp3) is 0.133. The van der Waals surface area contributed by atoms with Gasteiger partial charge in [-0.1, -0.05) is 11.6 Å². The van der Waals surface area contributed by atoms with E-state index in [2.05, 4.69) is 15.2 Å². The van der Waals surface area contributed by atoms with Crippen LogP contribution in [-0.4, -0.2) is 26.1 Å². The Morgan fingerprint density at radius 2 is 1.96 bits per heavy atom. The zero-order valence-corrected chi connectivity index (χ0v) is 12.8. The van der Waals surface area contributed by atoms with Crippen LogP contribution in [0.4, 0.5) is 13.2 Å². The fourth-order valence-electron chi connectivity index (χ4n) is 2.30. The third-order valence-electron chi connectivity index (χ3n) is 3.46. The van der Waals surface area contributed by atoms with E-state index in [-0.39, 0.29) is 21.6 Å². The van der Waals surface area contributed by atoms with Gasteiger partial charge in [0, 0.05) is 10.4 Å². The number of hydrogen-bond acceptors (Lipinski definition) is 4. The molecule has 0 bridgehead atoms. The van der Waals surface area contributed by atoms with Crippen molar-refractivity contribution < 1.29 is 23.1 Å². The number of carbonyl (C=O) groups is 1. The molecule has 3 rings (SSSR count). The topological polar surface area (TPSA) is 78.9 Å². The predicted octanol–water partition coefficient (Wildman–Crippen LogP) is 3.88. The Labute approximate surface area is 138 Å². The Morgan fingerprint density at radius 1 is 1.25 bits per heavy atom. The molecule has 0 amide bonds. The van der Waals surface area contributed by atoms with Crippen molar-refractivity contribution in [1.29, 1.82) is 0 Å². The average Bonchev–Trinajstić information content (AvgIpc) is 2.88. The van der Waals surface area contributed by atoms with Crippen LogP contribution in [0.2, 0.25) is 5.02 Å². The van der Waals surface area contributed by atoms with Crippen LogP contribution in [0.25, 0.3) is 11.0 Å². The molecule has 24 heavy (non-hydrogen) atoms. The van der Waals surface area contributed by atoms with Crippen molar-refractivity contribution in [3.05, 3.63) is 51.8 Å². The molecule has 9 heteroatoms. The summed E-state index contributed by atoms with van der Waals surface area (Å²) in [7, 11) is 0. The Bertz CT molecular complexity index is 966. The molecular formula is C15H9ClF3N3O2. The Hall–Kier alpha value is -2.61. The lowest BCUT2D eigenvalue weighted by Gasteiger charge is -2.12. The van der Waals surface area contributed by atoms with Crippen molar-refractivity contribution >= 4 is 28.4 Å². The molecule has 0 fully saturated rings. The van der Waals surface area contributed by atoms with E-state index in [1.807, 2.05) is 0 Å². The number of benzene rings is 1. The molecule has 0 unspecified atom stereocenters. The third-order valence-corrected chi connectivity index (χ3v) is 3.69. The van der Waals surface area contributed by atoms with Gasteiger partial charge < -0.3 is 5.11 Å². The van der Waals surface area contributed by atoms with Crippen molar-refractivity contribution in [3.8, 4) is 5.75 Å². The minimum absolute atomic E-state index is 0.0771. The number of pyridine rings is 1. The van der Waals surface area contributed by atoms with Crippen molar-refractivity contribution in [2.75, 3.05) is 0 Å². The van der Waals surface area contributed by atoms with Crippen LogP contribution in [0.5, 0.6) is 5.75 Å². The van der Waals surface area contributed by atoms with Crippen LogP contribution < -0.4 is 0 Å². The van der Waals surface area contributed by atoms with Gasteiger partial charge in [-0.2, -0.15) is 18.3 Å². The Balaban J connectivity index is 2.28. The highest BCUT2D eigenvalue weighted by Crippen LogP contribution is 2.35. The summed E-state index contributed by atoms with van der Waals surface area (Å²) in [5.74, 6) is -1.50. The molecule has 0 radical (unpaired) electrons. The average molecular weight is 356 g/mol. The zero-order chi connectivity index (χ0) is 17.6. The number of carbonyl (C=O) groups excluding carboxylic acids is 1. The summed E-state index contributed by atoms with van der Waals surface area (Å²) in [5, 5.41) is 16.4. The Morgan fingerprint density at radius 3 is 2.62 bits per heavy atom. The summed E-state index contributed by atoms with van der Waals surface area (Å²) in [6, 6.07) is 4.62. The molecule has 2 heterocycles. The van der Waals surface area contributed by atoms with Crippen molar-refractivity contribution in [2.45, 2.75) is 13.1 Å². The molecule has 124 valence electrons.